The summed E-state index contributed by atoms with van der Waals surface area (Å²) in [5.41, 5.74) is 6.92. The molecule has 1 aliphatic rings. The lowest BCUT2D eigenvalue weighted by Crippen LogP contribution is -2.37. The summed E-state index contributed by atoms with van der Waals surface area (Å²) in [5.74, 6) is 0.703. The summed E-state index contributed by atoms with van der Waals surface area (Å²) < 4.78 is 5.37. The van der Waals surface area contributed by atoms with Crippen LogP contribution in [-0.4, -0.2) is 42.2 Å². The van der Waals surface area contributed by atoms with Crippen LogP contribution in [0.5, 0.6) is 0 Å². The fraction of sp³-hybridized carbons (Fsp3) is 0.400. The minimum absolute atomic E-state index is 0. The first-order chi connectivity index (χ1) is 11.3. The van der Waals surface area contributed by atoms with Gasteiger partial charge in [0, 0.05) is 43.3 Å². The SMILES string of the molecule is Cl.Cl.NCc1nc(C(=O)NCc2cccnc2N2CCOCC2)cs1. The molecule has 2 aromatic rings. The molecule has 0 aliphatic carbocycles. The van der Waals surface area contributed by atoms with E-state index in [1.807, 2.05) is 12.1 Å². The lowest BCUT2D eigenvalue weighted by molar-refractivity contribution is 0.0946. The van der Waals surface area contributed by atoms with Crippen LogP contribution in [0.2, 0.25) is 0 Å². The van der Waals surface area contributed by atoms with Crippen LogP contribution in [0.1, 0.15) is 21.1 Å². The van der Waals surface area contributed by atoms with Crippen LogP contribution >= 0.6 is 36.2 Å². The van der Waals surface area contributed by atoms with Gasteiger partial charge in [-0.25, -0.2) is 9.97 Å². The lowest BCUT2D eigenvalue weighted by Gasteiger charge is -2.29. The number of ether oxygens (including phenoxy) is 1. The average Bonchev–Trinajstić information content (AvgIpc) is 3.10. The second kappa shape index (κ2) is 10.5. The van der Waals surface area contributed by atoms with Crippen LogP contribution in [0, 0.1) is 0 Å². The number of nitrogens with two attached hydrogens (primary N) is 1. The van der Waals surface area contributed by atoms with Gasteiger partial charge in [-0.2, -0.15) is 0 Å². The number of nitrogens with zero attached hydrogens (tertiary/aromatic N) is 3. The molecular formula is C15H21Cl2N5O2S. The summed E-state index contributed by atoms with van der Waals surface area (Å²) >= 11 is 1.39. The van der Waals surface area contributed by atoms with Crippen LogP contribution in [0.25, 0.3) is 0 Å². The van der Waals surface area contributed by atoms with Gasteiger partial charge in [-0.15, -0.1) is 36.2 Å². The molecule has 3 heterocycles. The molecule has 1 amide bonds. The van der Waals surface area contributed by atoms with Crippen LogP contribution in [0.15, 0.2) is 23.7 Å². The van der Waals surface area contributed by atoms with Gasteiger partial charge in [0.05, 0.1) is 13.2 Å². The molecule has 0 bridgehead atoms. The van der Waals surface area contributed by atoms with Gasteiger partial charge in [-0.05, 0) is 6.07 Å². The largest absolute Gasteiger partial charge is 0.378 e. The fourth-order valence-corrected chi connectivity index (χ4v) is 3.06. The maximum absolute atomic E-state index is 12.2. The van der Waals surface area contributed by atoms with E-state index in [-0.39, 0.29) is 30.7 Å². The highest BCUT2D eigenvalue weighted by atomic mass is 35.5. The Morgan fingerprint density at radius 2 is 2.12 bits per heavy atom. The first kappa shape index (κ1) is 21.6. The summed E-state index contributed by atoms with van der Waals surface area (Å²) in [7, 11) is 0. The van der Waals surface area contributed by atoms with Gasteiger partial charge in [-0.1, -0.05) is 6.07 Å². The Hall–Kier alpha value is -1.45. The van der Waals surface area contributed by atoms with E-state index in [1.165, 1.54) is 11.3 Å². The second-order valence-electron chi connectivity index (χ2n) is 5.10. The Morgan fingerprint density at radius 1 is 1.36 bits per heavy atom. The third-order valence-electron chi connectivity index (χ3n) is 3.58. The molecule has 2 aromatic heterocycles. The predicted molar refractivity (Wildman–Crippen MR) is 103 cm³/mol. The number of morpholine rings is 1. The molecule has 0 aromatic carbocycles. The molecule has 1 fully saturated rings. The molecule has 0 unspecified atom stereocenters. The third kappa shape index (κ3) is 5.52. The van der Waals surface area contributed by atoms with Crippen LogP contribution in [-0.2, 0) is 17.8 Å². The number of carbonyl (C=O) groups excluding carboxylic acids is 1. The maximum atomic E-state index is 12.2. The highest BCUT2D eigenvalue weighted by molar-refractivity contribution is 7.09. The normalized spacial score (nSPS) is 13.6. The highest BCUT2D eigenvalue weighted by Gasteiger charge is 2.17. The van der Waals surface area contributed by atoms with E-state index in [2.05, 4.69) is 20.2 Å². The quantitative estimate of drug-likeness (QED) is 0.784. The van der Waals surface area contributed by atoms with Crippen molar-refractivity contribution in [3.8, 4) is 0 Å². The van der Waals surface area contributed by atoms with E-state index in [9.17, 15) is 4.79 Å². The highest BCUT2D eigenvalue weighted by Crippen LogP contribution is 2.18. The van der Waals surface area contributed by atoms with Crippen molar-refractivity contribution < 1.29 is 9.53 Å². The molecule has 0 atom stereocenters. The number of amides is 1. The van der Waals surface area contributed by atoms with E-state index < -0.39 is 0 Å². The number of carbonyl (C=O) groups is 1. The average molecular weight is 406 g/mol. The third-order valence-corrected chi connectivity index (χ3v) is 4.45. The maximum Gasteiger partial charge on any atom is 0.271 e. The van der Waals surface area contributed by atoms with Crippen LogP contribution in [0.3, 0.4) is 0 Å². The molecule has 138 valence electrons. The molecular weight excluding hydrogens is 385 g/mol. The fourth-order valence-electron chi connectivity index (χ4n) is 2.40. The zero-order chi connectivity index (χ0) is 16.1. The Bertz CT molecular complexity index is 679. The van der Waals surface area contributed by atoms with Crippen molar-refractivity contribution in [2.45, 2.75) is 13.1 Å². The molecule has 1 aliphatic heterocycles. The zero-order valence-electron chi connectivity index (χ0n) is 13.5. The topological polar surface area (TPSA) is 93.4 Å². The Kier molecular flexibility index (Phi) is 9.09. The number of aromatic nitrogens is 2. The van der Waals surface area contributed by atoms with E-state index in [4.69, 9.17) is 10.5 Å². The minimum atomic E-state index is -0.197. The molecule has 0 saturated carbocycles. The van der Waals surface area contributed by atoms with Crippen molar-refractivity contribution in [1.29, 1.82) is 0 Å². The first-order valence-corrected chi connectivity index (χ1v) is 8.35. The number of rotatable bonds is 5. The standard InChI is InChI=1S/C15H19N5O2S.2ClH/c16-8-13-19-12(10-23-13)15(21)18-9-11-2-1-3-17-14(11)20-4-6-22-7-5-20;;/h1-3,10H,4-9,16H2,(H,18,21);2*1H. The van der Waals surface area contributed by atoms with Gasteiger partial charge in [0.2, 0.25) is 0 Å². The Balaban J connectivity index is 0.00000156. The summed E-state index contributed by atoms with van der Waals surface area (Å²) in [6, 6.07) is 3.85. The van der Waals surface area contributed by atoms with Gasteiger partial charge in [-0.3, -0.25) is 4.79 Å². The number of anilines is 1. The minimum Gasteiger partial charge on any atom is -0.378 e. The molecule has 25 heavy (non-hydrogen) atoms. The summed E-state index contributed by atoms with van der Waals surface area (Å²) in [6.07, 6.45) is 1.77. The Morgan fingerprint density at radius 3 is 2.80 bits per heavy atom. The van der Waals surface area contributed by atoms with Gasteiger partial charge >= 0.3 is 0 Å². The van der Waals surface area contributed by atoms with Gasteiger partial charge in [0.15, 0.2) is 0 Å². The van der Waals surface area contributed by atoms with E-state index >= 15 is 0 Å². The lowest BCUT2D eigenvalue weighted by atomic mass is 10.2. The molecule has 0 spiro atoms. The Labute approximate surface area is 162 Å². The van der Waals surface area contributed by atoms with Crippen molar-refractivity contribution in [1.82, 2.24) is 15.3 Å². The predicted octanol–water partition coefficient (Wildman–Crippen LogP) is 1.61. The smallest absolute Gasteiger partial charge is 0.271 e. The van der Waals surface area contributed by atoms with Crippen molar-refractivity contribution in [3.63, 3.8) is 0 Å². The second-order valence-corrected chi connectivity index (χ2v) is 6.04. The molecule has 10 heteroatoms. The van der Waals surface area contributed by atoms with Gasteiger partial charge in [0.1, 0.15) is 16.5 Å². The molecule has 1 saturated heterocycles. The number of pyridine rings is 1. The van der Waals surface area contributed by atoms with Gasteiger partial charge < -0.3 is 20.7 Å². The summed E-state index contributed by atoms with van der Waals surface area (Å²) in [4.78, 5) is 23.0. The number of hydrogen-bond donors (Lipinski definition) is 2. The summed E-state index contributed by atoms with van der Waals surface area (Å²) in [5, 5.41) is 5.38. The van der Waals surface area contributed by atoms with Crippen molar-refractivity contribution in [2.24, 2.45) is 5.73 Å². The van der Waals surface area contributed by atoms with E-state index in [1.54, 1.807) is 11.6 Å². The van der Waals surface area contributed by atoms with Gasteiger partial charge in [0.25, 0.3) is 5.91 Å². The van der Waals surface area contributed by atoms with Crippen LogP contribution < -0.4 is 16.0 Å². The first-order valence-electron chi connectivity index (χ1n) is 7.47. The van der Waals surface area contributed by atoms with E-state index in [0.717, 1.165) is 29.5 Å². The van der Waals surface area contributed by atoms with Crippen molar-refractivity contribution in [3.05, 3.63) is 40.0 Å². The number of hydrogen-bond acceptors (Lipinski definition) is 7. The molecule has 7 nitrogen and oxygen atoms in total. The zero-order valence-corrected chi connectivity index (χ0v) is 16.0. The van der Waals surface area contributed by atoms with Crippen LogP contribution in [0.4, 0.5) is 5.82 Å². The number of nitrogens with one attached hydrogen (secondary N) is 1. The number of thiazole rings is 1. The molecule has 3 rings (SSSR count). The summed E-state index contributed by atoms with van der Waals surface area (Å²) in [6.45, 7) is 3.77. The van der Waals surface area contributed by atoms with E-state index in [0.29, 0.717) is 32.0 Å². The number of halogens is 2. The monoisotopic (exact) mass is 405 g/mol. The van der Waals surface area contributed by atoms with Crippen molar-refractivity contribution in [2.75, 3.05) is 31.2 Å². The molecule has 0 radical (unpaired) electrons. The van der Waals surface area contributed by atoms with Crippen molar-refractivity contribution >= 4 is 47.9 Å². The molecule has 3 N–H and O–H groups in total.